The smallest absolute Gasteiger partial charge is 0.341 e. The van der Waals surface area contributed by atoms with Crippen LogP contribution in [-0.2, 0) is 18.9 Å². The van der Waals surface area contributed by atoms with Crippen LogP contribution >= 0.6 is 0 Å². The molecule has 2 heterocycles. The lowest BCUT2D eigenvalue weighted by atomic mass is 9.98. The average molecular weight is 535 g/mol. The third kappa shape index (κ3) is 8.57. The van der Waals surface area contributed by atoms with Crippen molar-refractivity contribution >= 4 is 5.97 Å². The van der Waals surface area contributed by atoms with Crippen LogP contribution in [0.25, 0.3) is 0 Å². The molecule has 9 atom stereocenters. The largest absolute Gasteiger partial charge is 0.464 e. The van der Waals surface area contributed by atoms with Crippen LogP contribution in [0.4, 0.5) is 0 Å². The van der Waals surface area contributed by atoms with Crippen LogP contribution in [-0.4, -0.2) is 112 Å². The summed E-state index contributed by atoms with van der Waals surface area (Å²) in [5.74, 6) is -0.426. The first-order valence-electron chi connectivity index (χ1n) is 12.6. The van der Waals surface area contributed by atoms with Gasteiger partial charge in [0.1, 0.15) is 47.9 Å². The lowest BCUT2D eigenvalue weighted by molar-refractivity contribution is -0.340. The minimum Gasteiger partial charge on any atom is -0.464 e. The fourth-order valence-electron chi connectivity index (χ4n) is 3.73. The molecule has 6 N–H and O–H groups in total. The summed E-state index contributed by atoms with van der Waals surface area (Å²) >= 11 is 0. The molecule has 12 nitrogen and oxygen atoms in total. The molecule has 1 aromatic rings. The summed E-state index contributed by atoms with van der Waals surface area (Å²) < 4.78 is 27.3. The van der Waals surface area contributed by atoms with Crippen molar-refractivity contribution in [2.45, 2.75) is 96.3 Å². The van der Waals surface area contributed by atoms with E-state index in [4.69, 9.17) is 23.7 Å². The normalized spacial score (nSPS) is 33.2. The average Bonchev–Trinajstić information content (AvgIpc) is 2.92. The molecule has 0 spiro atoms. The maximum Gasteiger partial charge on any atom is 0.341 e. The van der Waals surface area contributed by atoms with Gasteiger partial charge in [0.2, 0.25) is 6.29 Å². The summed E-state index contributed by atoms with van der Waals surface area (Å²) in [5.41, 5.74) is 0.165. The zero-order valence-corrected chi connectivity index (χ0v) is 22.0. The number of esters is 1. The Morgan fingerprint density at radius 1 is 0.919 bits per heavy atom. The zero-order chi connectivity index (χ0) is 28.1. The van der Waals surface area contributed by atoms with Crippen LogP contribution in [0.5, 0.6) is 5.75 Å². The standard InChI is InChI=1S/C21H30O12.2C2H6/c1-2-29-20(28)10-5-3-4-6-12(10)30-15-7-11(24)19(14(9-23)31-15)33-21-18(27)17(26)16(25)13(8-22)32-21;2*1-2/h3-6,11,13-19,21-27H,2,7-9H2,1H3;2*1-2H3/t11?,13?,14?,15?,16-,17?,18-,19+,21-;;/m1../s1. The molecular weight excluding hydrogens is 492 g/mol. The lowest BCUT2D eigenvalue weighted by Gasteiger charge is -2.44. The van der Waals surface area contributed by atoms with Gasteiger partial charge in [-0.3, -0.25) is 0 Å². The van der Waals surface area contributed by atoms with E-state index in [9.17, 15) is 35.4 Å². The Morgan fingerprint density at radius 3 is 2.14 bits per heavy atom. The number of benzene rings is 1. The van der Waals surface area contributed by atoms with Crippen LogP contribution in [0, 0.1) is 0 Å². The molecule has 0 radical (unpaired) electrons. The number of aliphatic hydroxyl groups is 6. The van der Waals surface area contributed by atoms with Gasteiger partial charge in [-0.1, -0.05) is 39.8 Å². The van der Waals surface area contributed by atoms with Crippen LogP contribution in [0.15, 0.2) is 24.3 Å². The molecule has 0 aromatic heterocycles. The van der Waals surface area contributed by atoms with Crippen molar-refractivity contribution in [2.24, 2.45) is 0 Å². The molecule has 214 valence electrons. The summed E-state index contributed by atoms with van der Waals surface area (Å²) in [4.78, 5) is 12.2. The monoisotopic (exact) mass is 534 g/mol. The molecule has 37 heavy (non-hydrogen) atoms. The van der Waals surface area contributed by atoms with E-state index in [1.807, 2.05) is 27.7 Å². The highest BCUT2D eigenvalue weighted by atomic mass is 16.7. The fourth-order valence-corrected chi connectivity index (χ4v) is 3.73. The lowest BCUT2D eigenvalue weighted by Crippen LogP contribution is -2.62. The summed E-state index contributed by atoms with van der Waals surface area (Å²) in [6, 6.07) is 6.33. The fraction of sp³-hybridized carbons (Fsp3) is 0.720. The summed E-state index contributed by atoms with van der Waals surface area (Å²) in [7, 11) is 0. The van der Waals surface area contributed by atoms with Crippen molar-refractivity contribution in [1.82, 2.24) is 0 Å². The molecule has 2 aliphatic heterocycles. The third-order valence-corrected chi connectivity index (χ3v) is 5.47. The van der Waals surface area contributed by atoms with E-state index in [1.165, 1.54) is 12.1 Å². The molecule has 0 amide bonds. The molecule has 2 aliphatic rings. The van der Waals surface area contributed by atoms with Crippen molar-refractivity contribution in [3.63, 3.8) is 0 Å². The molecule has 0 saturated carbocycles. The number of para-hydroxylation sites is 1. The van der Waals surface area contributed by atoms with Crippen LogP contribution in [0.3, 0.4) is 0 Å². The molecule has 2 saturated heterocycles. The second-order valence-corrected chi connectivity index (χ2v) is 7.72. The van der Waals surface area contributed by atoms with E-state index in [-0.39, 0.29) is 24.3 Å². The maximum atomic E-state index is 12.2. The molecule has 1 aromatic carbocycles. The number of hydrogen-bond donors (Lipinski definition) is 6. The van der Waals surface area contributed by atoms with E-state index in [2.05, 4.69) is 0 Å². The van der Waals surface area contributed by atoms with Crippen LogP contribution < -0.4 is 4.74 Å². The number of hydrogen-bond acceptors (Lipinski definition) is 12. The Balaban J connectivity index is 0.00000163. The molecule has 5 unspecified atom stereocenters. The molecular formula is C25H42O12. The van der Waals surface area contributed by atoms with Gasteiger partial charge < -0.3 is 54.3 Å². The summed E-state index contributed by atoms with van der Waals surface area (Å²) in [5, 5.41) is 59.7. The van der Waals surface area contributed by atoms with Crippen molar-refractivity contribution in [2.75, 3.05) is 19.8 Å². The van der Waals surface area contributed by atoms with Gasteiger partial charge in [-0.25, -0.2) is 4.79 Å². The second-order valence-electron chi connectivity index (χ2n) is 7.72. The summed E-state index contributed by atoms with van der Waals surface area (Å²) in [6.45, 7) is 8.60. The van der Waals surface area contributed by atoms with Gasteiger partial charge in [0, 0.05) is 6.42 Å². The SMILES string of the molecule is CC.CC.CCOC(=O)c1ccccc1OC1CC(O)[C@H](O[C@H]2OC(CO)[C@@H](O)C(O)[C@H]2O)C(CO)O1. The molecule has 3 rings (SSSR count). The number of carbonyl (C=O) groups is 1. The van der Waals surface area contributed by atoms with Crippen molar-refractivity contribution < 1.29 is 59.1 Å². The Hall–Kier alpha value is -1.87. The van der Waals surface area contributed by atoms with Gasteiger partial charge >= 0.3 is 5.97 Å². The highest BCUT2D eigenvalue weighted by molar-refractivity contribution is 5.92. The van der Waals surface area contributed by atoms with Crippen LogP contribution in [0.1, 0.15) is 51.4 Å². The Labute approximate surface area is 217 Å². The van der Waals surface area contributed by atoms with E-state index in [0.29, 0.717) is 0 Å². The number of carbonyl (C=O) groups excluding carboxylic acids is 1. The maximum absolute atomic E-state index is 12.2. The third-order valence-electron chi connectivity index (χ3n) is 5.47. The second kappa shape index (κ2) is 16.9. The minimum atomic E-state index is -1.68. The van der Waals surface area contributed by atoms with E-state index < -0.39 is 74.5 Å². The topological polar surface area (TPSA) is 185 Å². The predicted octanol–water partition coefficient (Wildman–Crippen LogP) is -0.0522. The van der Waals surface area contributed by atoms with E-state index in [1.54, 1.807) is 19.1 Å². The van der Waals surface area contributed by atoms with E-state index >= 15 is 0 Å². The zero-order valence-electron chi connectivity index (χ0n) is 22.0. The van der Waals surface area contributed by atoms with Gasteiger partial charge in [-0.2, -0.15) is 0 Å². The van der Waals surface area contributed by atoms with Gasteiger partial charge in [0.15, 0.2) is 6.29 Å². The Bertz CT molecular complexity index is 776. The molecule has 0 bridgehead atoms. The quantitative estimate of drug-likeness (QED) is 0.245. The van der Waals surface area contributed by atoms with Gasteiger partial charge in [0.05, 0.1) is 25.9 Å². The Morgan fingerprint density at radius 2 is 1.54 bits per heavy atom. The first-order chi connectivity index (χ1) is 17.8. The highest BCUT2D eigenvalue weighted by Crippen LogP contribution is 2.30. The number of aliphatic hydroxyl groups excluding tert-OH is 6. The van der Waals surface area contributed by atoms with Crippen molar-refractivity contribution in [3.8, 4) is 5.75 Å². The van der Waals surface area contributed by atoms with Gasteiger partial charge in [0.25, 0.3) is 0 Å². The molecule has 2 fully saturated rings. The predicted molar refractivity (Wildman–Crippen MR) is 131 cm³/mol. The molecule has 0 aliphatic carbocycles. The summed E-state index contributed by atoms with van der Waals surface area (Å²) in [6.07, 6.45) is -12.4. The first-order valence-corrected chi connectivity index (χ1v) is 12.6. The van der Waals surface area contributed by atoms with Gasteiger partial charge in [-0.15, -0.1) is 0 Å². The first kappa shape index (κ1) is 33.2. The van der Waals surface area contributed by atoms with Gasteiger partial charge in [-0.05, 0) is 19.1 Å². The number of ether oxygens (including phenoxy) is 5. The highest BCUT2D eigenvalue weighted by Gasteiger charge is 2.48. The van der Waals surface area contributed by atoms with Crippen LogP contribution in [0.2, 0.25) is 0 Å². The van der Waals surface area contributed by atoms with Crippen molar-refractivity contribution in [1.29, 1.82) is 0 Å². The molecule has 12 heteroatoms. The minimum absolute atomic E-state index is 0.129. The van der Waals surface area contributed by atoms with Crippen molar-refractivity contribution in [3.05, 3.63) is 29.8 Å². The number of rotatable bonds is 8. The Kier molecular flexibility index (Phi) is 15.1. The van der Waals surface area contributed by atoms with E-state index in [0.717, 1.165) is 0 Å².